The fourth-order valence-electron chi connectivity index (χ4n) is 1.95. The predicted molar refractivity (Wildman–Crippen MR) is 88.2 cm³/mol. The van der Waals surface area contributed by atoms with Gasteiger partial charge in [0, 0.05) is 5.56 Å². The van der Waals surface area contributed by atoms with Crippen LogP contribution in [0.5, 0.6) is 11.5 Å². The van der Waals surface area contributed by atoms with Crippen molar-refractivity contribution in [1.82, 2.24) is 0 Å². The zero-order valence-electron chi connectivity index (χ0n) is 12.6. The van der Waals surface area contributed by atoms with Crippen molar-refractivity contribution in [2.45, 2.75) is 13.8 Å². The Kier molecular flexibility index (Phi) is 5.67. The summed E-state index contributed by atoms with van der Waals surface area (Å²) >= 11 is 6.04. The van der Waals surface area contributed by atoms with E-state index >= 15 is 0 Å². The highest BCUT2D eigenvalue weighted by molar-refractivity contribution is 6.33. The number of benzene rings is 2. The van der Waals surface area contributed by atoms with Crippen molar-refractivity contribution in [2.24, 2.45) is 0 Å². The molecule has 0 spiro atoms. The standard InChI is InChI=1S/C17H18ClNO3/c1-3-21-15-10-9-12(11-16(15)22-4-2)17(20)19-14-8-6-5-7-13(14)18/h5-11H,3-4H2,1-2H3,(H,19,20). The maximum absolute atomic E-state index is 12.3. The van der Waals surface area contributed by atoms with Gasteiger partial charge in [-0.05, 0) is 44.2 Å². The molecule has 0 aliphatic rings. The lowest BCUT2D eigenvalue weighted by atomic mass is 10.2. The Bertz CT molecular complexity index is 658. The van der Waals surface area contributed by atoms with Crippen molar-refractivity contribution in [3.8, 4) is 11.5 Å². The van der Waals surface area contributed by atoms with Gasteiger partial charge in [0.25, 0.3) is 5.91 Å². The molecule has 0 aromatic heterocycles. The van der Waals surface area contributed by atoms with E-state index in [2.05, 4.69) is 5.32 Å². The molecule has 0 heterocycles. The van der Waals surface area contributed by atoms with Crippen LogP contribution in [0.4, 0.5) is 5.69 Å². The van der Waals surface area contributed by atoms with Gasteiger partial charge in [-0.1, -0.05) is 23.7 Å². The van der Waals surface area contributed by atoms with Crippen LogP contribution in [0.25, 0.3) is 0 Å². The zero-order chi connectivity index (χ0) is 15.9. The maximum Gasteiger partial charge on any atom is 0.255 e. The Labute approximate surface area is 135 Å². The highest BCUT2D eigenvalue weighted by Crippen LogP contribution is 2.29. The van der Waals surface area contributed by atoms with Gasteiger partial charge in [-0.3, -0.25) is 4.79 Å². The summed E-state index contributed by atoms with van der Waals surface area (Å²) in [7, 11) is 0. The van der Waals surface area contributed by atoms with Crippen LogP contribution in [-0.2, 0) is 0 Å². The summed E-state index contributed by atoms with van der Waals surface area (Å²) in [5.74, 6) is 0.923. The lowest BCUT2D eigenvalue weighted by molar-refractivity contribution is 0.102. The third-order valence-electron chi connectivity index (χ3n) is 2.93. The van der Waals surface area contributed by atoms with Gasteiger partial charge < -0.3 is 14.8 Å². The summed E-state index contributed by atoms with van der Waals surface area (Å²) in [6.45, 7) is 4.81. The van der Waals surface area contributed by atoms with Crippen LogP contribution >= 0.6 is 11.6 Å². The van der Waals surface area contributed by atoms with Crippen LogP contribution in [0.3, 0.4) is 0 Å². The van der Waals surface area contributed by atoms with Crippen LogP contribution in [0.2, 0.25) is 5.02 Å². The molecule has 1 N–H and O–H groups in total. The number of ether oxygens (including phenoxy) is 2. The number of carbonyl (C=O) groups is 1. The highest BCUT2D eigenvalue weighted by Gasteiger charge is 2.12. The number of anilines is 1. The summed E-state index contributed by atoms with van der Waals surface area (Å²) in [6.07, 6.45) is 0. The molecular weight excluding hydrogens is 302 g/mol. The Morgan fingerprint density at radius 2 is 1.73 bits per heavy atom. The molecule has 0 fully saturated rings. The van der Waals surface area contributed by atoms with E-state index in [4.69, 9.17) is 21.1 Å². The molecule has 22 heavy (non-hydrogen) atoms. The molecule has 2 aromatic carbocycles. The summed E-state index contributed by atoms with van der Waals surface area (Å²) < 4.78 is 11.0. The number of para-hydroxylation sites is 1. The molecule has 2 aromatic rings. The van der Waals surface area contributed by atoms with Gasteiger partial charge in [-0.2, -0.15) is 0 Å². The molecule has 0 atom stereocenters. The molecule has 5 heteroatoms. The normalized spacial score (nSPS) is 10.1. The smallest absolute Gasteiger partial charge is 0.255 e. The van der Waals surface area contributed by atoms with Crippen LogP contribution in [-0.4, -0.2) is 19.1 Å². The van der Waals surface area contributed by atoms with E-state index in [0.717, 1.165) is 0 Å². The van der Waals surface area contributed by atoms with Crippen molar-refractivity contribution in [2.75, 3.05) is 18.5 Å². The predicted octanol–water partition coefficient (Wildman–Crippen LogP) is 4.39. The van der Waals surface area contributed by atoms with Crippen LogP contribution < -0.4 is 14.8 Å². The topological polar surface area (TPSA) is 47.6 Å². The zero-order valence-corrected chi connectivity index (χ0v) is 13.3. The minimum Gasteiger partial charge on any atom is -0.490 e. The van der Waals surface area contributed by atoms with E-state index in [1.807, 2.05) is 26.0 Å². The molecule has 4 nitrogen and oxygen atoms in total. The summed E-state index contributed by atoms with van der Waals surface area (Å²) in [6, 6.07) is 12.2. The molecule has 0 bridgehead atoms. The van der Waals surface area contributed by atoms with E-state index in [0.29, 0.717) is 41.0 Å². The number of carbonyl (C=O) groups excluding carboxylic acids is 1. The van der Waals surface area contributed by atoms with Gasteiger partial charge in [0.05, 0.1) is 23.9 Å². The summed E-state index contributed by atoms with van der Waals surface area (Å²) in [4.78, 5) is 12.3. The van der Waals surface area contributed by atoms with E-state index in [9.17, 15) is 4.79 Å². The highest BCUT2D eigenvalue weighted by atomic mass is 35.5. The van der Waals surface area contributed by atoms with Crippen molar-refractivity contribution < 1.29 is 14.3 Å². The van der Waals surface area contributed by atoms with Crippen LogP contribution in [0, 0.1) is 0 Å². The molecule has 0 aliphatic carbocycles. The lowest BCUT2D eigenvalue weighted by Gasteiger charge is -2.13. The fraction of sp³-hybridized carbons (Fsp3) is 0.235. The second-order valence-electron chi connectivity index (χ2n) is 4.46. The number of amides is 1. The van der Waals surface area contributed by atoms with Crippen molar-refractivity contribution >= 4 is 23.2 Å². The molecule has 0 saturated carbocycles. The van der Waals surface area contributed by atoms with Gasteiger partial charge >= 0.3 is 0 Å². The number of halogens is 1. The summed E-state index contributed by atoms with van der Waals surface area (Å²) in [5.41, 5.74) is 1.05. The van der Waals surface area contributed by atoms with Gasteiger partial charge in [0.15, 0.2) is 11.5 Å². The number of hydrogen-bond donors (Lipinski definition) is 1. The molecule has 0 saturated heterocycles. The van der Waals surface area contributed by atoms with Crippen LogP contribution in [0.1, 0.15) is 24.2 Å². The first kappa shape index (κ1) is 16.2. The third kappa shape index (κ3) is 3.92. The number of rotatable bonds is 6. The fourth-order valence-corrected chi connectivity index (χ4v) is 2.13. The second kappa shape index (κ2) is 7.71. The maximum atomic E-state index is 12.3. The van der Waals surface area contributed by atoms with Crippen molar-refractivity contribution in [1.29, 1.82) is 0 Å². The first-order valence-corrected chi connectivity index (χ1v) is 7.49. The molecule has 1 amide bonds. The first-order chi connectivity index (χ1) is 10.7. The number of nitrogens with one attached hydrogen (secondary N) is 1. The van der Waals surface area contributed by atoms with Gasteiger partial charge in [-0.25, -0.2) is 0 Å². The Hall–Kier alpha value is -2.20. The van der Waals surface area contributed by atoms with E-state index in [-0.39, 0.29) is 5.91 Å². The van der Waals surface area contributed by atoms with E-state index in [1.165, 1.54) is 0 Å². The van der Waals surface area contributed by atoms with Gasteiger partial charge in [0.2, 0.25) is 0 Å². The molecule has 0 radical (unpaired) electrons. The van der Waals surface area contributed by atoms with Gasteiger partial charge in [-0.15, -0.1) is 0 Å². The first-order valence-electron chi connectivity index (χ1n) is 7.11. The van der Waals surface area contributed by atoms with E-state index < -0.39 is 0 Å². The molecule has 116 valence electrons. The average molecular weight is 320 g/mol. The molecule has 2 rings (SSSR count). The number of hydrogen-bond acceptors (Lipinski definition) is 3. The lowest BCUT2D eigenvalue weighted by Crippen LogP contribution is -2.12. The van der Waals surface area contributed by atoms with Crippen molar-refractivity contribution in [3.63, 3.8) is 0 Å². The monoisotopic (exact) mass is 319 g/mol. The quantitative estimate of drug-likeness (QED) is 0.859. The molecule has 0 aliphatic heterocycles. The average Bonchev–Trinajstić information content (AvgIpc) is 2.51. The molecule has 0 unspecified atom stereocenters. The van der Waals surface area contributed by atoms with Crippen molar-refractivity contribution in [3.05, 3.63) is 53.1 Å². The SMILES string of the molecule is CCOc1ccc(C(=O)Nc2ccccc2Cl)cc1OCC. The second-order valence-corrected chi connectivity index (χ2v) is 4.87. The van der Waals surface area contributed by atoms with E-state index in [1.54, 1.807) is 30.3 Å². The van der Waals surface area contributed by atoms with Crippen LogP contribution in [0.15, 0.2) is 42.5 Å². The molecular formula is C17H18ClNO3. The van der Waals surface area contributed by atoms with Gasteiger partial charge in [0.1, 0.15) is 0 Å². The minimum absolute atomic E-state index is 0.253. The third-order valence-corrected chi connectivity index (χ3v) is 3.26. The summed E-state index contributed by atoms with van der Waals surface area (Å²) in [5, 5.41) is 3.27. The largest absolute Gasteiger partial charge is 0.490 e. The Balaban J connectivity index is 2.22. The minimum atomic E-state index is -0.253. The Morgan fingerprint density at radius 1 is 1.05 bits per heavy atom. The Morgan fingerprint density at radius 3 is 2.41 bits per heavy atom.